The molecule has 2 rings (SSSR count). The molecule has 0 saturated carbocycles. The number of benzene rings is 1. The molecule has 3 N–H and O–H groups in total. The molecule has 1 saturated heterocycles. The Labute approximate surface area is 120 Å². The second kappa shape index (κ2) is 6.72. The fourth-order valence-corrected chi connectivity index (χ4v) is 2.57. The van der Waals surface area contributed by atoms with Gasteiger partial charge in [0.2, 0.25) is 0 Å². The van der Waals surface area contributed by atoms with E-state index in [0.717, 1.165) is 31.5 Å². The van der Waals surface area contributed by atoms with E-state index in [4.69, 9.17) is 10.6 Å². The topological polar surface area (TPSA) is 67.6 Å². The number of carbonyl (C=O) groups excluding carboxylic acids is 1. The molecule has 110 valence electrons. The van der Waals surface area contributed by atoms with Crippen LogP contribution in [-0.2, 0) is 0 Å². The minimum absolute atomic E-state index is 0.330. The Morgan fingerprint density at radius 1 is 1.35 bits per heavy atom. The molecule has 1 aliphatic heterocycles. The van der Waals surface area contributed by atoms with Crippen LogP contribution in [0, 0.1) is 11.8 Å². The van der Waals surface area contributed by atoms with Crippen LogP contribution < -0.4 is 16.0 Å². The van der Waals surface area contributed by atoms with Crippen molar-refractivity contribution < 1.29 is 9.53 Å². The van der Waals surface area contributed by atoms with E-state index < -0.39 is 0 Å². The molecule has 1 aromatic rings. The van der Waals surface area contributed by atoms with Gasteiger partial charge >= 0.3 is 0 Å². The van der Waals surface area contributed by atoms with E-state index in [-0.39, 0.29) is 5.91 Å². The van der Waals surface area contributed by atoms with Crippen molar-refractivity contribution in [1.82, 2.24) is 10.3 Å². The summed E-state index contributed by atoms with van der Waals surface area (Å²) in [5, 5.41) is 0. The fraction of sp³-hybridized carbons (Fsp3) is 0.533. The van der Waals surface area contributed by atoms with E-state index in [9.17, 15) is 4.79 Å². The van der Waals surface area contributed by atoms with Crippen LogP contribution in [0.1, 0.15) is 24.2 Å². The number of amides is 1. The molecular weight excluding hydrogens is 254 g/mol. The second-order valence-electron chi connectivity index (χ2n) is 5.53. The quantitative estimate of drug-likeness (QED) is 0.483. The average molecular weight is 277 g/mol. The van der Waals surface area contributed by atoms with Crippen LogP contribution in [0.5, 0.6) is 5.75 Å². The Kier molecular flexibility index (Phi) is 4.98. The van der Waals surface area contributed by atoms with Gasteiger partial charge in [-0.2, -0.15) is 0 Å². The standard InChI is InChI=1S/C15H23N3O2/c1-11-9-18(10-12(11)2)7-8-20-14-6-4-3-5-13(14)15(19)17-16/h3-6,11-12H,7-10,16H2,1-2H3,(H,17,19). The van der Waals surface area contributed by atoms with Crippen molar-refractivity contribution >= 4 is 5.91 Å². The smallest absolute Gasteiger partial charge is 0.268 e. The molecule has 2 atom stereocenters. The number of hydrazine groups is 1. The molecule has 1 fully saturated rings. The van der Waals surface area contributed by atoms with Crippen LogP contribution in [0.15, 0.2) is 24.3 Å². The van der Waals surface area contributed by atoms with Crippen molar-refractivity contribution in [3.05, 3.63) is 29.8 Å². The normalized spacial score (nSPS) is 22.8. The van der Waals surface area contributed by atoms with Crippen LogP contribution in [-0.4, -0.2) is 37.0 Å². The first-order valence-corrected chi connectivity index (χ1v) is 7.07. The first kappa shape index (κ1) is 14.8. The lowest BCUT2D eigenvalue weighted by molar-refractivity contribution is 0.0949. The summed E-state index contributed by atoms with van der Waals surface area (Å²) in [6, 6.07) is 7.14. The molecule has 1 aromatic carbocycles. The van der Waals surface area contributed by atoms with Gasteiger partial charge in [0, 0.05) is 19.6 Å². The first-order valence-electron chi connectivity index (χ1n) is 7.07. The highest BCUT2D eigenvalue weighted by molar-refractivity contribution is 5.96. The molecular formula is C15H23N3O2. The van der Waals surface area contributed by atoms with Gasteiger partial charge in [-0.1, -0.05) is 26.0 Å². The predicted molar refractivity (Wildman–Crippen MR) is 78.4 cm³/mol. The van der Waals surface area contributed by atoms with E-state index in [1.807, 2.05) is 6.07 Å². The SMILES string of the molecule is CC1CN(CCOc2ccccc2C(=O)NN)CC1C. The molecule has 20 heavy (non-hydrogen) atoms. The Morgan fingerprint density at radius 2 is 2.00 bits per heavy atom. The molecule has 0 radical (unpaired) electrons. The molecule has 1 amide bonds. The zero-order valence-electron chi connectivity index (χ0n) is 12.1. The lowest BCUT2D eigenvalue weighted by Gasteiger charge is -2.16. The van der Waals surface area contributed by atoms with Crippen LogP contribution in [0.3, 0.4) is 0 Å². The maximum Gasteiger partial charge on any atom is 0.268 e. The zero-order valence-corrected chi connectivity index (χ0v) is 12.1. The summed E-state index contributed by atoms with van der Waals surface area (Å²) >= 11 is 0. The minimum atomic E-state index is -0.330. The predicted octanol–water partition coefficient (Wildman–Crippen LogP) is 1.26. The maximum absolute atomic E-state index is 11.6. The Morgan fingerprint density at radius 3 is 2.65 bits per heavy atom. The Hall–Kier alpha value is -1.59. The van der Waals surface area contributed by atoms with Crippen molar-refractivity contribution in [1.29, 1.82) is 0 Å². The molecule has 5 nitrogen and oxygen atoms in total. The number of ether oxygens (including phenoxy) is 1. The van der Waals surface area contributed by atoms with Crippen LogP contribution in [0.2, 0.25) is 0 Å². The van der Waals surface area contributed by atoms with Gasteiger partial charge in [-0.3, -0.25) is 15.1 Å². The second-order valence-corrected chi connectivity index (χ2v) is 5.53. The fourth-order valence-electron chi connectivity index (χ4n) is 2.57. The number of likely N-dealkylation sites (tertiary alicyclic amines) is 1. The third kappa shape index (κ3) is 3.49. The number of carbonyl (C=O) groups is 1. The highest BCUT2D eigenvalue weighted by Crippen LogP contribution is 2.22. The van der Waals surface area contributed by atoms with E-state index in [1.54, 1.807) is 18.2 Å². The molecule has 2 unspecified atom stereocenters. The summed E-state index contributed by atoms with van der Waals surface area (Å²) in [7, 11) is 0. The first-order chi connectivity index (χ1) is 9.61. The van der Waals surface area contributed by atoms with Crippen molar-refractivity contribution in [2.24, 2.45) is 17.7 Å². The number of rotatable bonds is 5. The van der Waals surface area contributed by atoms with Crippen LogP contribution in [0.4, 0.5) is 0 Å². The number of para-hydroxylation sites is 1. The summed E-state index contributed by atoms with van der Waals surface area (Å²) in [5.74, 6) is 6.90. The van der Waals surface area contributed by atoms with Gasteiger partial charge in [0.05, 0.1) is 5.56 Å². The maximum atomic E-state index is 11.6. The lowest BCUT2D eigenvalue weighted by Crippen LogP contribution is -2.31. The Balaban J connectivity index is 1.87. The molecule has 1 heterocycles. The van der Waals surface area contributed by atoms with Crippen molar-refractivity contribution in [3.63, 3.8) is 0 Å². The summed E-state index contributed by atoms with van der Waals surface area (Å²) in [6.45, 7) is 8.27. The van der Waals surface area contributed by atoms with Crippen molar-refractivity contribution in [2.75, 3.05) is 26.2 Å². The molecule has 0 aromatic heterocycles. The third-order valence-electron chi connectivity index (χ3n) is 3.99. The average Bonchev–Trinajstić information content (AvgIpc) is 2.77. The monoisotopic (exact) mass is 277 g/mol. The van der Waals surface area contributed by atoms with Crippen molar-refractivity contribution in [3.8, 4) is 5.75 Å². The number of nitrogens with zero attached hydrogens (tertiary/aromatic N) is 1. The zero-order chi connectivity index (χ0) is 14.5. The Bertz CT molecular complexity index is 454. The van der Waals surface area contributed by atoms with Gasteiger partial charge < -0.3 is 4.74 Å². The van der Waals surface area contributed by atoms with Gasteiger partial charge in [-0.25, -0.2) is 5.84 Å². The third-order valence-corrected chi connectivity index (χ3v) is 3.99. The molecule has 5 heteroatoms. The minimum Gasteiger partial charge on any atom is -0.491 e. The van der Waals surface area contributed by atoms with Crippen LogP contribution in [0.25, 0.3) is 0 Å². The lowest BCUT2D eigenvalue weighted by atomic mass is 10.0. The number of nitrogen functional groups attached to an aromatic ring is 1. The molecule has 1 aliphatic rings. The number of nitrogens with one attached hydrogen (secondary N) is 1. The van der Waals surface area contributed by atoms with Crippen LogP contribution >= 0.6 is 0 Å². The van der Waals surface area contributed by atoms with E-state index in [0.29, 0.717) is 17.9 Å². The highest BCUT2D eigenvalue weighted by atomic mass is 16.5. The highest BCUT2D eigenvalue weighted by Gasteiger charge is 2.25. The number of hydrogen-bond donors (Lipinski definition) is 2. The van der Waals surface area contributed by atoms with Crippen molar-refractivity contribution in [2.45, 2.75) is 13.8 Å². The number of hydrogen-bond acceptors (Lipinski definition) is 4. The van der Waals surface area contributed by atoms with Gasteiger partial charge in [0.15, 0.2) is 0 Å². The van der Waals surface area contributed by atoms with E-state index in [1.165, 1.54) is 0 Å². The van der Waals surface area contributed by atoms with E-state index >= 15 is 0 Å². The van der Waals surface area contributed by atoms with Gasteiger partial charge in [0.1, 0.15) is 12.4 Å². The summed E-state index contributed by atoms with van der Waals surface area (Å²) in [4.78, 5) is 14.0. The van der Waals surface area contributed by atoms with Gasteiger partial charge in [0.25, 0.3) is 5.91 Å². The molecule has 0 spiro atoms. The summed E-state index contributed by atoms with van der Waals surface area (Å²) in [6.07, 6.45) is 0. The summed E-state index contributed by atoms with van der Waals surface area (Å²) < 4.78 is 5.73. The van der Waals surface area contributed by atoms with Gasteiger partial charge in [-0.05, 0) is 24.0 Å². The van der Waals surface area contributed by atoms with E-state index in [2.05, 4.69) is 24.2 Å². The van der Waals surface area contributed by atoms with Gasteiger partial charge in [-0.15, -0.1) is 0 Å². The molecule has 0 aliphatic carbocycles. The molecule has 0 bridgehead atoms. The summed E-state index contributed by atoms with van der Waals surface area (Å²) in [5.41, 5.74) is 2.61. The largest absolute Gasteiger partial charge is 0.491 e. The number of nitrogens with two attached hydrogens (primary N) is 1.